The summed E-state index contributed by atoms with van der Waals surface area (Å²) in [6, 6.07) is -1.26. The lowest BCUT2D eigenvalue weighted by Crippen LogP contribution is -2.47. The van der Waals surface area contributed by atoms with Crippen LogP contribution < -0.4 is 5.32 Å². The molecular formula is C12H22N2O3. The zero-order valence-corrected chi connectivity index (χ0v) is 10.8. The first kappa shape index (κ1) is 15.5. The molecule has 2 atom stereocenters. The maximum atomic E-state index is 11.7. The van der Waals surface area contributed by atoms with Crippen LogP contribution in [0, 0.1) is 5.92 Å². The van der Waals surface area contributed by atoms with E-state index in [2.05, 4.69) is 11.9 Å². The molecule has 0 aromatic heterocycles. The number of rotatable bonds is 7. The largest absolute Gasteiger partial charge is 0.480 e. The van der Waals surface area contributed by atoms with Crippen LogP contribution >= 0.6 is 0 Å². The summed E-state index contributed by atoms with van der Waals surface area (Å²) in [5, 5.41) is 11.3. The van der Waals surface area contributed by atoms with Gasteiger partial charge in [0.25, 0.3) is 0 Å². The van der Waals surface area contributed by atoms with E-state index in [0.717, 1.165) is 6.42 Å². The molecule has 98 valence electrons. The molecule has 5 heteroatoms. The van der Waals surface area contributed by atoms with Crippen LogP contribution in [-0.2, 0) is 4.79 Å². The highest BCUT2D eigenvalue weighted by atomic mass is 16.4. The molecule has 0 heterocycles. The Kier molecular flexibility index (Phi) is 7.02. The Balaban J connectivity index is 4.29. The summed E-state index contributed by atoms with van der Waals surface area (Å²) in [6.45, 7) is 8.18. The van der Waals surface area contributed by atoms with Gasteiger partial charge in [0.15, 0.2) is 0 Å². The number of urea groups is 1. The first-order chi connectivity index (χ1) is 7.92. The quantitative estimate of drug-likeness (QED) is 0.668. The molecule has 0 spiro atoms. The van der Waals surface area contributed by atoms with Gasteiger partial charge in [-0.15, -0.1) is 6.58 Å². The third-order valence-electron chi connectivity index (χ3n) is 2.63. The minimum absolute atomic E-state index is 0.220. The standard InChI is InChI=1S/C12H22N2O3/c1-5-7-10(11(15)16)13-12(17)14(4)8-9(3)6-2/h5,9-10H,1,6-8H2,2-4H3,(H,13,17)(H,15,16). The third kappa shape index (κ3) is 5.94. The zero-order chi connectivity index (χ0) is 13.4. The molecule has 0 aliphatic rings. The van der Waals surface area contributed by atoms with Gasteiger partial charge < -0.3 is 15.3 Å². The number of aliphatic carboxylic acids is 1. The molecule has 2 N–H and O–H groups in total. The van der Waals surface area contributed by atoms with Gasteiger partial charge in [-0.2, -0.15) is 0 Å². The van der Waals surface area contributed by atoms with Gasteiger partial charge in [0.2, 0.25) is 0 Å². The minimum atomic E-state index is -1.05. The summed E-state index contributed by atoms with van der Waals surface area (Å²) in [6.07, 6.45) is 2.68. The number of carbonyl (C=O) groups excluding carboxylic acids is 1. The van der Waals surface area contributed by atoms with Crippen molar-refractivity contribution in [3.05, 3.63) is 12.7 Å². The fraction of sp³-hybridized carbons (Fsp3) is 0.667. The molecule has 0 saturated heterocycles. The molecule has 0 rings (SSSR count). The van der Waals surface area contributed by atoms with Crippen molar-refractivity contribution in [2.24, 2.45) is 5.92 Å². The molecule has 0 bridgehead atoms. The van der Waals surface area contributed by atoms with E-state index in [1.165, 1.54) is 11.0 Å². The van der Waals surface area contributed by atoms with Crippen LogP contribution in [0.15, 0.2) is 12.7 Å². The Morgan fingerprint density at radius 1 is 1.53 bits per heavy atom. The number of hydrogen-bond acceptors (Lipinski definition) is 2. The first-order valence-corrected chi connectivity index (χ1v) is 5.77. The van der Waals surface area contributed by atoms with Gasteiger partial charge in [-0.1, -0.05) is 26.3 Å². The fourth-order valence-corrected chi connectivity index (χ4v) is 1.33. The molecule has 0 fully saturated rings. The number of carboxylic acid groups (broad SMARTS) is 1. The van der Waals surface area contributed by atoms with Crippen molar-refractivity contribution in [1.82, 2.24) is 10.2 Å². The van der Waals surface area contributed by atoms with Crippen LogP contribution in [-0.4, -0.2) is 41.6 Å². The number of nitrogens with zero attached hydrogens (tertiary/aromatic N) is 1. The second-order valence-electron chi connectivity index (χ2n) is 4.26. The molecule has 2 amide bonds. The Hall–Kier alpha value is -1.52. The van der Waals surface area contributed by atoms with E-state index in [1.54, 1.807) is 7.05 Å². The van der Waals surface area contributed by atoms with Gasteiger partial charge in [-0.05, 0) is 12.3 Å². The molecule has 0 aliphatic carbocycles. The molecule has 0 aromatic rings. The van der Waals surface area contributed by atoms with Gasteiger partial charge >= 0.3 is 12.0 Å². The Bertz CT molecular complexity index is 279. The fourth-order valence-electron chi connectivity index (χ4n) is 1.33. The lowest BCUT2D eigenvalue weighted by molar-refractivity contribution is -0.139. The topological polar surface area (TPSA) is 69.6 Å². The number of nitrogens with one attached hydrogen (secondary N) is 1. The van der Waals surface area contributed by atoms with E-state index in [-0.39, 0.29) is 12.5 Å². The highest BCUT2D eigenvalue weighted by Gasteiger charge is 2.20. The molecule has 2 unspecified atom stereocenters. The minimum Gasteiger partial charge on any atom is -0.480 e. The van der Waals surface area contributed by atoms with Crippen LogP contribution in [0.2, 0.25) is 0 Å². The Labute approximate surface area is 102 Å². The van der Waals surface area contributed by atoms with Crippen LogP contribution in [0.3, 0.4) is 0 Å². The molecule has 17 heavy (non-hydrogen) atoms. The van der Waals surface area contributed by atoms with Crippen molar-refractivity contribution >= 4 is 12.0 Å². The molecule has 0 aromatic carbocycles. The SMILES string of the molecule is C=CCC(NC(=O)N(C)CC(C)CC)C(=O)O. The average Bonchev–Trinajstić information content (AvgIpc) is 2.27. The first-order valence-electron chi connectivity index (χ1n) is 5.77. The van der Waals surface area contributed by atoms with Crippen molar-refractivity contribution in [1.29, 1.82) is 0 Å². The van der Waals surface area contributed by atoms with Crippen molar-refractivity contribution in [2.75, 3.05) is 13.6 Å². The van der Waals surface area contributed by atoms with Crippen molar-refractivity contribution < 1.29 is 14.7 Å². The summed E-state index contributed by atoms with van der Waals surface area (Å²) in [4.78, 5) is 24.1. The van der Waals surface area contributed by atoms with Gasteiger partial charge in [0.1, 0.15) is 6.04 Å². The summed E-state index contributed by atoms with van der Waals surface area (Å²) < 4.78 is 0. The molecule has 0 aliphatic heterocycles. The average molecular weight is 242 g/mol. The van der Waals surface area contributed by atoms with Crippen LogP contribution in [0.1, 0.15) is 26.7 Å². The van der Waals surface area contributed by atoms with Crippen molar-refractivity contribution in [2.45, 2.75) is 32.7 Å². The van der Waals surface area contributed by atoms with Gasteiger partial charge in [-0.3, -0.25) is 0 Å². The maximum absolute atomic E-state index is 11.7. The van der Waals surface area contributed by atoms with E-state index in [1.807, 2.05) is 13.8 Å². The van der Waals surface area contributed by atoms with E-state index >= 15 is 0 Å². The summed E-state index contributed by atoms with van der Waals surface area (Å²) >= 11 is 0. The predicted molar refractivity (Wildman–Crippen MR) is 66.9 cm³/mol. The Morgan fingerprint density at radius 2 is 2.12 bits per heavy atom. The van der Waals surface area contributed by atoms with Crippen LogP contribution in [0.25, 0.3) is 0 Å². The number of hydrogen-bond donors (Lipinski definition) is 2. The van der Waals surface area contributed by atoms with Gasteiger partial charge in [0, 0.05) is 13.6 Å². The molecular weight excluding hydrogens is 220 g/mol. The van der Waals surface area contributed by atoms with Crippen LogP contribution in [0.5, 0.6) is 0 Å². The van der Waals surface area contributed by atoms with Crippen molar-refractivity contribution in [3.63, 3.8) is 0 Å². The highest BCUT2D eigenvalue weighted by molar-refractivity contribution is 5.82. The number of carboxylic acids is 1. The number of amides is 2. The van der Waals surface area contributed by atoms with E-state index in [4.69, 9.17) is 5.11 Å². The smallest absolute Gasteiger partial charge is 0.326 e. The second kappa shape index (κ2) is 7.70. The lowest BCUT2D eigenvalue weighted by Gasteiger charge is -2.23. The van der Waals surface area contributed by atoms with E-state index < -0.39 is 12.0 Å². The summed E-state index contributed by atoms with van der Waals surface area (Å²) in [5.74, 6) is -0.649. The molecule has 5 nitrogen and oxygen atoms in total. The third-order valence-corrected chi connectivity index (χ3v) is 2.63. The summed E-state index contributed by atoms with van der Waals surface area (Å²) in [5.41, 5.74) is 0. The molecule has 0 radical (unpaired) electrons. The maximum Gasteiger partial charge on any atom is 0.326 e. The van der Waals surface area contributed by atoms with Gasteiger partial charge in [-0.25, -0.2) is 9.59 Å². The predicted octanol–water partition coefficient (Wildman–Crippen LogP) is 1.70. The highest BCUT2D eigenvalue weighted by Crippen LogP contribution is 2.03. The van der Waals surface area contributed by atoms with Gasteiger partial charge in [0.05, 0.1) is 0 Å². The lowest BCUT2D eigenvalue weighted by atomic mass is 10.1. The number of carbonyl (C=O) groups is 2. The van der Waals surface area contributed by atoms with Crippen LogP contribution in [0.4, 0.5) is 4.79 Å². The normalized spacial score (nSPS) is 13.6. The van der Waals surface area contributed by atoms with E-state index in [9.17, 15) is 9.59 Å². The second-order valence-corrected chi connectivity index (χ2v) is 4.26. The monoisotopic (exact) mass is 242 g/mol. The Morgan fingerprint density at radius 3 is 2.53 bits per heavy atom. The zero-order valence-electron chi connectivity index (χ0n) is 10.8. The van der Waals surface area contributed by atoms with E-state index in [0.29, 0.717) is 12.5 Å². The van der Waals surface area contributed by atoms with Crippen molar-refractivity contribution in [3.8, 4) is 0 Å². The summed E-state index contributed by atoms with van der Waals surface area (Å²) in [7, 11) is 1.66. The molecule has 0 saturated carbocycles.